The van der Waals surface area contributed by atoms with Crippen molar-refractivity contribution >= 4 is 49.8 Å². The maximum Gasteiger partial charge on any atom is 0.137 e. The number of fused-ring (bicyclic) bond motifs is 4. The number of benzene rings is 9. The molecule has 0 N–H and O–H groups in total. The second kappa shape index (κ2) is 13.4. The molecule has 0 aliphatic rings. The van der Waals surface area contributed by atoms with Crippen LogP contribution < -0.4 is 4.90 Å². The predicted octanol–water partition coefficient (Wildman–Crippen LogP) is 14.9. The third-order valence-electron chi connectivity index (χ3n) is 10.4. The molecule has 0 aliphatic carbocycles. The van der Waals surface area contributed by atoms with Crippen LogP contribution in [0, 0.1) is 0 Å². The summed E-state index contributed by atoms with van der Waals surface area (Å²) >= 11 is 0. The van der Waals surface area contributed by atoms with E-state index in [4.69, 9.17) is 4.42 Å². The molecule has 2 heteroatoms. The summed E-state index contributed by atoms with van der Waals surface area (Å²) in [4.78, 5) is 2.36. The summed E-state index contributed by atoms with van der Waals surface area (Å²) in [6.07, 6.45) is 0. The van der Waals surface area contributed by atoms with Crippen LogP contribution in [0.25, 0.3) is 77.2 Å². The van der Waals surface area contributed by atoms with Crippen molar-refractivity contribution in [3.8, 4) is 44.5 Å². The van der Waals surface area contributed by atoms with Crippen LogP contribution in [0.1, 0.15) is 0 Å². The molecule has 0 radical (unpaired) electrons. The van der Waals surface area contributed by atoms with Crippen LogP contribution in [0.5, 0.6) is 0 Å². The zero-order valence-corrected chi connectivity index (χ0v) is 29.6. The first-order valence-corrected chi connectivity index (χ1v) is 18.4. The molecule has 0 amide bonds. The molecular formula is C52H35NO. The number of hydrogen-bond acceptors (Lipinski definition) is 2. The van der Waals surface area contributed by atoms with Gasteiger partial charge in [0.25, 0.3) is 0 Å². The number of anilines is 3. The maximum absolute atomic E-state index is 6.55. The first-order chi connectivity index (χ1) is 26.7. The van der Waals surface area contributed by atoms with Crippen molar-refractivity contribution in [3.63, 3.8) is 0 Å². The second-order valence-corrected chi connectivity index (χ2v) is 13.8. The second-order valence-electron chi connectivity index (χ2n) is 13.8. The number of furan rings is 1. The van der Waals surface area contributed by atoms with E-state index in [9.17, 15) is 0 Å². The fraction of sp³-hybridized carbons (Fsp3) is 0. The average Bonchev–Trinajstić information content (AvgIpc) is 3.62. The predicted molar refractivity (Wildman–Crippen MR) is 228 cm³/mol. The van der Waals surface area contributed by atoms with E-state index in [1.807, 2.05) is 0 Å². The fourth-order valence-electron chi connectivity index (χ4n) is 7.73. The fourth-order valence-corrected chi connectivity index (χ4v) is 7.73. The molecule has 0 unspecified atom stereocenters. The van der Waals surface area contributed by atoms with Crippen molar-refractivity contribution in [2.24, 2.45) is 0 Å². The molecule has 0 saturated carbocycles. The van der Waals surface area contributed by atoms with Crippen molar-refractivity contribution in [1.82, 2.24) is 0 Å². The smallest absolute Gasteiger partial charge is 0.137 e. The highest BCUT2D eigenvalue weighted by atomic mass is 16.3. The van der Waals surface area contributed by atoms with E-state index in [1.54, 1.807) is 0 Å². The number of rotatable bonds is 7. The average molecular weight is 690 g/mol. The molecule has 0 atom stereocenters. The van der Waals surface area contributed by atoms with E-state index in [2.05, 4.69) is 217 Å². The van der Waals surface area contributed by atoms with Gasteiger partial charge in [0.1, 0.15) is 11.2 Å². The Bertz CT molecular complexity index is 2780. The first kappa shape index (κ1) is 31.6. The van der Waals surface area contributed by atoms with Crippen molar-refractivity contribution in [3.05, 3.63) is 212 Å². The summed E-state index contributed by atoms with van der Waals surface area (Å²) < 4.78 is 6.55. The molecule has 2 nitrogen and oxygen atoms in total. The summed E-state index contributed by atoms with van der Waals surface area (Å²) in [7, 11) is 0. The SMILES string of the molecule is c1ccc(-c2cccc(-c3ccc(N(c4ccc(-c5cccc(-c6ccccc6)c5)cc4)c4cccc5oc6cc7ccccc7cc6c45)cc3)c2)cc1. The zero-order valence-electron chi connectivity index (χ0n) is 29.6. The molecule has 10 rings (SSSR count). The van der Waals surface area contributed by atoms with Crippen LogP contribution in [0.4, 0.5) is 17.1 Å². The molecule has 0 spiro atoms. The lowest BCUT2D eigenvalue weighted by molar-refractivity contribution is 0.669. The molecule has 0 saturated heterocycles. The molecular weight excluding hydrogens is 655 g/mol. The van der Waals surface area contributed by atoms with Crippen LogP contribution in [-0.2, 0) is 0 Å². The summed E-state index contributed by atoms with van der Waals surface area (Å²) in [5.74, 6) is 0. The van der Waals surface area contributed by atoms with Gasteiger partial charge in [-0.15, -0.1) is 0 Å². The van der Waals surface area contributed by atoms with E-state index in [-0.39, 0.29) is 0 Å². The van der Waals surface area contributed by atoms with Gasteiger partial charge in [0.2, 0.25) is 0 Å². The molecule has 0 fully saturated rings. The van der Waals surface area contributed by atoms with Gasteiger partial charge < -0.3 is 9.32 Å². The van der Waals surface area contributed by atoms with E-state index in [1.165, 1.54) is 55.3 Å². The van der Waals surface area contributed by atoms with Crippen LogP contribution in [-0.4, -0.2) is 0 Å². The quantitative estimate of drug-likeness (QED) is 0.166. The molecule has 54 heavy (non-hydrogen) atoms. The van der Waals surface area contributed by atoms with Gasteiger partial charge in [0, 0.05) is 16.8 Å². The molecule has 9 aromatic carbocycles. The lowest BCUT2D eigenvalue weighted by Gasteiger charge is -2.26. The first-order valence-electron chi connectivity index (χ1n) is 18.4. The van der Waals surface area contributed by atoms with Gasteiger partial charge in [0.15, 0.2) is 0 Å². The third kappa shape index (κ3) is 5.81. The Hall–Kier alpha value is -7.16. The highest BCUT2D eigenvalue weighted by molar-refractivity contribution is 6.16. The lowest BCUT2D eigenvalue weighted by Crippen LogP contribution is -2.10. The van der Waals surface area contributed by atoms with Crippen LogP contribution in [0.2, 0.25) is 0 Å². The minimum Gasteiger partial charge on any atom is -0.456 e. The molecule has 1 heterocycles. The standard InChI is InChI=1S/C52H35NO/c1-3-12-36(13-4-1)40-18-9-20-42(32-40)38-24-28-46(29-25-38)53(47-30-26-39(27-31-47)43-21-10-19-41(33-43)37-14-5-2-6-15-37)49-22-11-23-50-52(49)48-34-44-16-7-8-17-45(44)35-51(48)54-50/h1-35H. The third-order valence-corrected chi connectivity index (χ3v) is 10.4. The van der Waals surface area contributed by atoms with Crippen molar-refractivity contribution in [2.75, 3.05) is 4.90 Å². The van der Waals surface area contributed by atoms with Gasteiger partial charge >= 0.3 is 0 Å². The lowest BCUT2D eigenvalue weighted by atomic mass is 9.98. The molecule has 0 bridgehead atoms. The highest BCUT2D eigenvalue weighted by Crippen LogP contribution is 2.44. The number of hydrogen-bond donors (Lipinski definition) is 0. The Morgan fingerprint density at radius 1 is 0.296 bits per heavy atom. The van der Waals surface area contributed by atoms with E-state index in [0.717, 1.165) is 39.0 Å². The largest absolute Gasteiger partial charge is 0.456 e. The van der Waals surface area contributed by atoms with Crippen LogP contribution in [0.15, 0.2) is 217 Å². The summed E-state index contributed by atoms with van der Waals surface area (Å²) in [5, 5.41) is 4.56. The Balaban J connectivity index is 1.09. The minimum absolute atomic E-state index is 0.867. The van der Waals surface area contributed by atoms with Gasteiger partial charge in [0.05, 0.1) is 11.1 Å². The van der Waals surface area contributed by atoms with E-state index < -0.39 is 0 Å². The Morgan fingerprint density at radius 2 is 0.722 bits per heavy atom. The van der Waals surface area contributed by atoms with Crippen molar-refractivity contribution < 1.29 is 4.42 Å². The maximum atomic E-state index is 6.55. The van der Waals surface area contributed by atoms with Crippen LogP contribution >= 0.6 is 0 Å². The minimum atomic E-state index is 0.867. The summed E-state index contributed by atoms with van der Waals surface area (Å²) in [6.45, 7) is 0. The number of nitrogens with zero attached hydrogens (tertiary/aromatic N) is 1. The van der Waals surface area contributed by atoms with Gasteiger partial charge in [-0.25, -0.2) is 0 Å². The van der Waals surface area contributed by atoms with Crippen molar-refractivity contribution in [1.29, 1.82) is 0 Å². The van der Waals surface area contributed by atoms with Gasteiger partial charge in [-0.2, -0.15) is 0 Å². The summed E-state index contributed by atoms with van der Waals surface area (Å²) in [5.41, 5.74) is 14.5. The van der Waals surface area contributed by atoms with E-state index >= 15 is 0 Å². The van der Waals surface area contributed by atoms with Crippen LogP contribution in [0.3, 0.4) is 0 Å². The normalized spacial score (nSPS) is 11.3. The van der Waals surface area contributed by atoms with Gasteiger partial charge in [-0.1, -0.05) is 152 Å². The molecule has 10 aromatic rings. The van der Waals surface area contributed by atoms with Crippen molar-refractivity contribution in [2.45, 2.75) is 0 Å². The van der Waals surface area contributed by atoms with Gasteiger partial charge in [-0.3, -0.25) is 0 Å². The summed E-state index contributed by atoms with van der Waals surface area (Å²) in [6, 6.07) is 75.8. The highest BCUT2D eigenvalue weighted by Gasteiger charge is 2.20. The Kier molecular flexibility index (Phi) is 7.85. The Morgan fingerprint density at radius 3 is 1.24 bits per heavy atom. The molecule has 1 aromatic heterocycles. The van der Waals surface area contributed by atoms with E-state index in [0.29, 0.717) is 0 Å². The zero-order chi connectivity index (χ0) is 35.8. The van der Waals surface area contributed by atoms with Gasteiger partial charge in [-0.05, 0) is 116 Å². The Labute approximate surface area is 314 Å². The monoisotopic (exact) mass is 689 g/mol. The molecule has 254 valence electrons. The molecule has 0 aliphatic heterocycles. The topological polar surface area (TPSA) is 16.4 Å².